The van der Waals surface area contributed by atoms with Gasteiger partial charge in [0, 0.05) is 12.3 Å². The van der Waals surface area contributed by atoms with Gasteiger partial charge in [0.25, 0.3) is 10.0 Å². The Morgan fingerprint density at radius 1 is 1.25 bits per heavy atom. The van der Waals surface area contributed by atoms with Crippen LogP contribution in [0.4, 0.5) is 5.69 Å². The number of hydrogen-bond donors (Lipinski definition) is 0. The van der Waals surface area contributed by atoms with Gasteiger partial charge in [0.05, 0.1) is 12.3 Å². The van der Waals surface area contributed by atoms with Crippen molar-refractivity contribution in [1.82, 2.24) is 14.6 Å². The van der Waals surface area contributed by atoms with E-state index < -0.39 is 22.5 Å². The summed E-state index contributed by atoms with van der Waals surface area (Å²) in [6, 6.07) is 7.58. The van der Waals surface area contributed by atoms with Gasteiger partial charge >= 0.3 is 5.97 Å². The summed E-state index contributed by atoms with van der Waals surface area (Å²) in [7, 11) is -4.09. The molecule has 0 bridgehead atoms. The quantitative estimate of drug-likeness (QED) is 0.564. The molecule has 28 heavy (non-hydrogen) atoms. The lowest BCUT2D eigenvalue weighted by Gasteiger charge is -2.23. The second-order valence-corrected chi connectivity index (χ2v) is 7.68. The predicted molar refractivity (Wildman–Crippen MR) is 96.7 cm³/mol. The Morgan fingerprint density at radius 2 is 2.07 bits per heavy atom. The van der Waals surface area contributed by atoms with Crippen LogP contribution in [0.2, 0.25) is 0 Å². The van der Waals surface area contributed by atoms with E-state index in [9.17, 15) is 13.2 Å². The van der Waals surface area contributed by atoms with Crippen LogP contribution in [0.3, 0.4) is 0 Å². The Kier molecular flexibility index (Phi) is 4.51. The monoisotopic (exact) mass is 404 g/mol. The summed E-state index contributed by atoms with van der Waals surface area (Å²) in [5, 5.41) is 7.60. The minimum absolute atomic E-state index is 0.0261. The molecule has 0 amide bonds. The van der Waals surface area contributed by atoms with E-state index in [0.717, 1.165) is 4.31 Å². The number of pyridine rings is 1. The van der Waals surface area contributed by atoms with Gasteiger partial charge in [-0.3, -0.25) is 13.5 Å². The molecule has 2 aromatic heterocycles. The standard InChI is InChI=1S/C17H16N4O6S/c1-2-25-17(22)9-21(12-3-5-14-15(7-12)27-11-26-14)28(23,24)13-4-6-16-19-18-10-20(16)8-13/h3-8,10H,2,9,11H2,1H3. The van der Waals surface area contributed by atoms with E-state index in [1.165, 1.54) is 35.1 Å². The van der Waals surface area contributed by atoms with Crippen LogP contribution in [0.1, 0.15) is 6.92 Å². The molecule has 0 saturated heterocycles. The number of ether oxygens (including phenoxy) is 3. The molecule has 0 aliphatic carbocycles. The number of benzene rings is 1. The second kappa shape index (κ2) is 7.00. The first-order valence-electron chi connectivity index (χ1n) is 8.36. The average molecular weight is 404 g/mol. The number of aromatic nitrogens is 3. The zero-order valence-corrected chi connectivity index (χ0v) is 15.6. The Balaban J connectivity index is 1.78. The fourth-order valence-corrected chi connectivity index (χ4v) is 4.17. The highest BCUT2D eigenvalue weighted by Crippen LogP contribution is 2.37. The molecule has 0 unspecified atom stereocenters. The summed E-state index contributed by atoms with van der Waals surface area (Å²) in [4.78, 5) is 12.1. The van der Waals surface area contributed by atoms with Gasteiger partial charge in [0.15, 0.2) is 17.1 Å². The molecule has 1 aliphatic heterocycles. The smallest absolute Gasteiger partial charge is 0.326 e. The molecule has 1 aliphatic rings. The van der Waals surface area contributed by atoms with Crippen LogP contribution in [-0.2, 0) is 19.6 Å². The van der Waals surface area contributed by atoms with Crippen LogP contribution in [-0.4, -0.2) is 48.9 Å². The van der Waals surface area contributed by atoms with E-state index in [-0.39, 0.29) is 24.0 Å². The maximum absolute atomic E-state index is 13.3. The van der Waals surface area contributed by atoms with Crippen molar-refractivity contribution >= 4 is 27.3 Å². The highest BCUT2D eigenvalue weighted by Gasteiger charge is 2.29. The van der Waals surface area contributed by atoms with Crippen molar-refractivity contribution in [1.29, 1.82) is 0 Å². The van der Waals surface area contributed by atoms with Gasteiger partial charge in [-0.25, -0.2) is 8.42 Å². The lowest BCUT2D eigenvalue weighted by Crippen LogP contribution is -2.36. The van der Waals surface area contributed by atoms with Crippen molar-refractivity contribution < 1.29 is 27.4 Å². The van der Waals surface area contributed by atoms with Crippen LogP contribution in [0, 0.1) is 0 Å². The molecule has 3 heterocycles. The largest absolute Gasteiger partial charge is 0.465 e. The van der Waals surface area contributed by atoms with Crippen LogP contribution in [0.5, 0.6) is 11.5 Å². The van der Waals surface area contributed by atoms with Crippen LogP contribution < -0.4 is 13.8 Å². The van der Waals surface area contributed by atoms with Crippen molar-refractivity contribution in [3.63, 3.8) is 0 Å². The lowest BCUT2D eigenvalue weighted by atomic mass is 10.3. The summed E-state index contributed by atoms with van der Waals surface area (Å²) in [5.41, 5.74) is 0.750. The number of anilines is 1. The first-order chi connectivity index (χ1) is 13.5. The summed E-state index contributed by atoms with van der Waals surface area (Å²) >= 11 is 0. The summed E-state index contributed by atoms with van der Waals surface area (Å²) in [6.07, 6.45) is 2.78. The number of carbonyl (C=O) groups excluding carboxylic acids is 1. The molecule has 146 valence electrons. The molecule has 3 aromatic rings. The molecule has 0 fully saturated rings. The predicted octanol–water partition coefficient (Wildman–Crippen LogP) is 1.22. The molecule has 11 heteroatoms. The number of fused-ring (bicyclic) bond motifs is 2. The molecule has 0 radical (unpaired) electrons. The second-order valence-electron chi connectivity index (χ2n) is 5.82. The first-order valence-corrected chi connectivity index (χ1v) is 9.80. The zero-order chi connectivity index (χ0) is 19.7. The van der Waals surface area contributed by atoms with Crippen molar-refractivity contribution in [3.05, 3.63) is 42.9 Å². The third kappa shape index (κ3) is 3.20. The number of hydrogen-bond acceptors (Lipinski definition) is 8. The summed E-state index contributed by atoms with van der Waals surface area (Å²) < 4.78 is 44.7. The van der Waals surface area contributed by atoms with Gasteiger partial charge in [-0.1, -0.05) is 0 Å². The highest BCUT2D eigenvalue weighted by atomic mass is 32.2. The Bertz CT molecular complexity index is 1140. The lowest BCUT2D eigenvalue weighted by molar-refractivity contribution is -0.141. The molecule has 0 spiro atoms. The number of sulfonamides is 1. The van der Waals surface area contributed by atoms with Gasteiger partial charge < -0.3 is 14.2 Å². The van der Waals surface area contributed by atoms with Crippen molar-refractivity contribution in [2.75, 3.05) is 24.2 Å². The van der Waals surface area contributed by atoms with Gasteiger partial charge in [-0.2, -0.15) is 0 Å². The van der Waals surface area contributed by atoms with E-state index in [2.05, 4.69) is 10.2 Å². The Labute approximate surface area is 160 Å². The molecule has 4 rings (SSSR count). The van der Waals surface area contributed by atoms with Crippen LogP contribution >= 0.6 is 0 Å². The summed E-state index contributed by atoms with van der Waals surface area (Å²) in [5.74, 6) is 0.230. The van der Waals surface area contributed by atoms with E-state index in [4.69, 9.17) is 14.2 Å². The van der Waals surface area contributed by atoms with E-state index in [1.54, 1.807) is 19.1 Å². The Morgan fingerprint density at radius 3 is 2.89 bits per heavy atom. The number of esters is 1. The highest BCUT2D eigenvalue weighted by molar-refractivity contribution is 7.92. The fraction of sp³-hybridized carbons (Fsp3) is 0.235. The molecule has 0 atom stereocenters. The minimum atomic E-state index is -4.09. The number of carbonyl (C=O) groups is 1. The van der Waals surface area contributed by atoms with E-state index >= 15 is 0 Å². The van der Waals surface area contributed by atoms with E-state index in [1.807, 2.05) is 0 Å². The van der Waals surface area contributed by atoms with Gasteiger partial charge in [0.1, 0.15) is 17.8 Å². The molecule has 0 saturated carbocycles. The molecular formula is C17H16N4O6S. The number of rotatable bonds is 6. The average Bonchev–Trinajstić information content (AvgIpc) is 3.33. The Hall–Kier alpha value is -3.34. The first kappa shape index (κ1) is 18.0. The molecule has 10 nitrogen and oxygen atoms in total. The fourth-order valence-electron chi connectivity index (χ4n) is 2.77. The topological polar surface area (TPSA) is 112 Å². The maximum Gasteiger partial charge on any atom is 0.326 e. The molecular weight excluding hydrogens is 388 g/mol. The maximum atomic E-state index is 13.3. The number of nitrogens with zero attached hydrogens (tertiary/aromatic N) is 4. The SMILES string of the molecule is CCOC(=O)CN(c1ccc2c(c1)OCO2)S(=O)(=O)c1ccc2nncn2c1. The normalized spacial score (nSPS) is 12.9. The minimum Gasteiger partial charge on any atom is -0.465 e. The van der Waals surface area contributed by atoms with E-state index in [0.29, 0.717) is 17.1 Å². The third-order valence-corrected chi connectivity index (χ3v) is 5.83. The van der Waals surface area contributed by atoms with Crippen molar-refractivity contribution in [2.45, 2.75) is 11.8 Å². The van der Waals surface area contributed by atoms with Gasteiger partial charge in [-0.15, -0.1) is 10.2 Å². The zero-order valence-electron chi connectivity index (χ0n) is 14.8. The van der Waals surface area contributed by atoms with Crippen LogP contribution in [0.25, 0.3) is 5.65 Å². The molecule has 0 N–H and O–H groups in total. The van der Waals surface area contributed by atoms with Crippen LogP contribution in [0.15, 0.2) is 47.8 Å². The third-order valence-electron chi connectivity index (χ3n) is 4.07. The van der Waals surface area contributed by atoms with Crippen molar-refractivity contribution in [3.8, 4) is 11.5 Å². The van der Waals surface area contributed by atoms with Crippen molar-refractivity contribution in [2.24, 2.45) is 0 Å². The van der Waals surface area contributed by atoms with Gasteiger partial charge in [-0.05, 0) is 31.2 Å². The summed E-state index contributed by atoms with van der Waals surface area (Å²) in [6.45, 7) is 1.35. The van der Waals surface area contributed by atoms with Gasteiger partial charge in [0.2, 0.25) is 6.79 Å². The molecule has 1 aromatic carbocycles.